The third-order valence-corrected chi connectivity index (χ3v) is 3.54. The summed E-state index contributed by atoms with van der Waals surface area (Å²) in [6.07, 6.45) is 5.97. The van der Waals surface area contributed by atoms with Crippen LogP contribution in [0.5, 0.6) is 0 Å². The van der Waals surface area contributed by atoms with Gasteiger partial charge in [0.2, 0.25) is 0 Å². The fourth-order valence-electron chi connectivity index (χ4n) is 1.15. The van der Waals surface area contributed by atoms with Crippen molar-refractivity contribution in [2.24, 2.45) is 0 Å². The molecule has 0 saturated carbocycles. The van der Waals surface area contributed by atoms with E-state index in [1.165, 1.54) is 0 Å². The van der Waals surface area contributed by atoms with Gasteiger partial charge in [-0.1, -0.05) is 5.92 Å². The van der Waals surface area contributed by atoms with E-state index in [0.717, 1.165) is 23.4 Å². The Morgan fingerprint density at radius 1 is 1.68 bits per heavy atom. The zero-order valence-corrected chi connectivity index (χ0v) is 11.8. The zero-order valence-electron chi connectivity index (χ0n) is 10.2. The van der Waals surface area contributed by atoms with Gasteiger partial charge in [0.1, 0.15) is 0 Å². The van der Waals surface area contributed by atoms with Gasteiger partial charge in [0.25, 0.3) is 6.20 Å². The number of hydrogen-bond donors (Lipinski definition) is 2. The Balaban J connectivity index is 2.20. The minimum Gasteiger partial charge on any atom is -0.366 e. The second-order valence-corrected chi connectivity index (χ2v) is 5.17. The van der Waals surface area contributed by atoms with Crippen LogP contribution in [0, 0.1) is 22.5 Å². The first-order chi connectivity index (χ1) is 9.22. The Morgan fingerprint density at radius 3 is 3.16 bits per heavy atom. The summed E-state index contributed by atoms with van der Waals surface area (Å²) in [6, 6.07) is 0. The largest absolute Gasteiger partial charge is 0.366 e. The number of nitrogens with one attached hydrogen (secondary N) is 2. The molecule has 1 aromatic rings. The van der Waals surface area contributed by atoms with Crippen LogP contribution < -0.4 is 10.6 Å². The normalized spacial score (nSPS) is 10.8. The molecule has 0 radical (unpaired) electrons. The molecule has 0 unspecified atom stereocenters. The second kappa shape index (κ2) is 9.24. The predicted molar refractivity (Wildman–Crippen MR) is 78.2 cm³/mol. The highest BCUT2D eigenvalue weighted by Gasteiger charge is 2.01. The van der Waals surface area contributed by atoms with Crippen LogP contribution in [0.2, 0.25) is 0 Å². The molecule has 0 atom stereocenters. The highest BCUT2D eigenvalue weighted by molar-refractivity contribution is 7.98. The Bertz CT molecular complexity index is 454. The lowest BCUT2D eigenvalue weighted by atomic mass is 10.6. The van der Waals surface area contributed by atoms with Gasteiger partial charge in [0, 0.05) is 23.4 Å². The fourth-order valence-corrected chi connectivity index (χ4v) is 2.57. The summed E-state index contributed by atoms with van der Waals surface area (Å²) in [7, 11) is 0. The summed E-state index contributed by atoms with van der Waals surface area (Å²) < 4.78 is 0. The minimum atomic E-state index is -0.520. The Kier molecular flexibility index (Phi) is 7.46. The molecule has 2 N–H and O–H groups in total. The van der Waals surface area contributed by atoms with Crippen molar-refractivity contribution < 1.29 is 4.92 Å². The molecule has 1 rings (SSSR count). The van der Waals surface area contributed by atoms with Crippen molar-refractivity contribution in [3.05, 3.63) is 38.7 Å². The van der Waals surface area contributed by atoms with Gasteiger partial charge < -0.3 is 10.6 Å². The van der Waals surface area contributed by atoms with E-state index in [1.807, 2.05) is 5.38 Å². The molecule has 0 fully saturated rings. The van der Waals surface area contributed by atoms with E-state index in [9.17, 15) is 10.1 Å². The number of rotatable bonds is 9. The average molecular weight is 298 g/mol. The highest BCUT2D eigenvalue weighted by Crippen LogP contribution is 2.11. The third-order valence-electron chi connectivity index (χ3n) is 1.91. The van der Waals surface area contributed by atoms with E-state index in [0.29, 0.717) is 12.4 Å². The number of thiazole rings is 1. The molecular weight excluding hydrogens is 284 g/mol. The van der Waals surface area contributed by atoms with E-state index in [1.54, 1.807) is 28.6 Å². The standard InChI is InChI=1S/C11H14N4O2S2/c1-2-3-12-11(6-15(16)17)13-4-5-18-7-10-8-19-9-14-10/h1,6,8-9,12-13H,3-5,7H2. The van der Waals surface area contributed by atoms with Crippen LogP contribution in [0.15, 0.2) is 22.9 Å². The first-order valence-electron chi connectivity index (χ1n) is 5.43. The first kappa shape index (κ1) is 15.3. The van der Waals surface area contributed by atoms with E-state index >= 15 is 0 Å². The van der Waals surface area contributed by atoms with Crippen molar-refractivity contribution in [1.82, 2.24) is 15.6 Å². The predicted octanol–water partition coefficient (Wildman–Crippen LogP) is 1.26. The van der Waals surface area contributed by atoms with Gasteiger partial charge >= 0.3 is 0 Å². The molecule has 0 aromatic carbocycles. The number of nitrogens with zero attached hydrogens (tertiary/aromatic N) is 2. The molecule has 6 nitrogen and oxygen atoms in total. The maximum Gasteiger partial charge on any atom is 0.274 e. The van der Waals surface area contributed by atoms with Gasteiger partial charge in [-0.25, -0.2) is 4.98 Å². The number of hydrogen-bond acceptors (Lipinski definition) is 7. The molecule has 1 aromatic heterocycles. The van der Waals surface area contributed by atoms with Crippen LogP contribution >= 0.6 is 23.1 Å². The smallest absolute Gasteiger partial charge is 0.274 e. The highest BCUT2D eigenvalue weighted by atomic mass is 32.2. The van der Waals surface area contributed by atoms with Crippen LogP contribution in [0.3, 0.4) is 0 Å². The molecule has 102 valence electrons. The summed E-state index contributed by atoms with van der Waals surface area (Å²) >= 11 is 3.28. The molecule has 0 aliphatic heterocycles. The fraction of sp³-hybridized carbons (Fsp3) is 0.364. The molecule has 1 heterocycles. The average Bonchev–Trinajstić information content (AvgIpc) is 2.87. The lowest BCUT2D eigenvalue weighted by molar-refractivity contribution is -0.404. The SMILES string of the molecule is C#CCNC(=C[N+](=O)[O-])NCCSCc1cscn1. The first-order valence-corrected chi connectivity index (χ1v) is 7.53. The number of thioether (sulfide) groups is 1. The summed E-state index contributed by atoms with van der Waals surface area (Å²) in [5.74, 6) is 4.36. The molecule has 0 aliphatic rings. The van der Waals surface area contributed by atoms with E-state index in [-0.39, 0.29) is 6.54 Å². The summed E-state index contributed by atoms with van der Waals surface area (Å²) in [4.78, 5) is 14.1. The maximum atomic E-state index is 10.4. The Labute approximate surface area is 119 Å². The van der Waals surface area contributed by atoms with Crippen molar-refractivity contribution in [2.75, 3.05) is 18.8 Å². The Morgan fingerprint density at radius 2 is 2.53 bits per heavy atom. The van der Waals surface area contributed by atoms with Crippen LogP contribution in [0.4, 0.5) is 0 Å². The molecule has 0 amide bonds. The van der Waals surface area contributed by atoms with Crippen molar-refractivity contribution in [3.8, 4) is 12.3 Å². The summed E-state index contributed by atoms with van der Waals surface area (Å²) in [5.41, 5.74) is 2.86. The van der Waals surface area contributed by atoms with E-state index in [2.05, 4.69) is 21.5 Å². The minimum absolute atomic E-state index is 0.249. The van der Waals surface area contributed by atoms with Gasteiger partial charge in [-0.15, -0.1) is 17.8 Å². The van der Waals surface area contributed by atoms with E-state index in [4.69, 9.17) is 6.42 Å². The number of nitro groups is 1. The van der Waals surface area contributed by atoms with Crippen LogP contribution in [0.1, 0.15) is 5.69 Å². The van der Waals surface area contributed by atoms with Gasteiger partial charge in [0.15, 0.2) is 5.82 Å². The van der Waals surface area contributed by atoms with Gasteiger partial charge in [-0.05, 0) is 0 Å². The van der Waals surface area contributed by atoms with Crippen LogP contribution in [-0.4, -0.2) is 28.7 Å². The topological polar surface area (TPSA) is 80.1 Å². The zero-order chi connectivity index (χ0) is 13.9. The van der Waals surface area contributed by atoms with Crippen molar-refractivity contribution >= 4 is 23.1 Å². The summed E-state index contributed by atoms with van der Waals surface area (Å²) in [5, 5.41) is 18.1. The molecule has 0 saturated heterocycles. The summed E-state index contributed by atoms with van der Waals surface area (Å²) in [6.45, 7) is 0.866. The monoisotopic (exact) mass is 298 g/mol. The van der Waals surface area contributed by atoms with Crippen molar-refractivity contribution in [2.45, 2.75) is 5.75 Å². The molecule has 0 bridgehead atoms. The molecule has 8 heteroatoms. The van der Waals surface area contributed by atoms with Crippen LogP contribution in [-0.2, 0) is 5.75 Å². The maximum absolute atomic E-state index is 10.4. The van der Waals surface area contributed by atoms with Crippen molar-refractivity contribution in [1.29, 1.82) is 0 Å². The Hall–Kier alpha value is -1.72. The lowest BCUT2D eigenvalue weighted by Crippen LogP contribution is -2.29. The molecule has 19 heavy (non-hydrogen) atoms. The molecular formula is C11H14N4O2S2. The lowest BCUT2D eigenvalue weighted by Gasteiger charge is -2.08. The van der Waals surface area contributed by atoms with Gasteiger partial charge in [-0.3, -0.25) is 10.1 Å². The third kappa shape index (κ3) is 7.33. The van der Waals surface area contributed by atoms with Crippen molar-refractivity contribution in [3.63, 3.8) is 0 Å². The van der Waals surface area contributed by atoms with Gasteiger partial charge in [-0.2, -0.15) is 11.8 Å². The quantitative estimate of drug-likeness (QED) is 0.309. The number of terminal acetylenes is 1. The molecule has 0 spiro atoms. The van der Waals surface area contributed by atoms with Crippen LogP contribution in [0.25, 0.3) is 0 Å². The second-order valence-electron chi connectivity index (χ2n) is 3.34. The van der Waals surface area contributed by atoms with E-state index < -0.39 is 4.92 Å². The van der Waals surface area contributed by atoms with Gasteiger partial charge in [0.05, 0.1) is 22.7 Å². The molecule has 0 aliphatic carbocycles. The number of aromatic nitrogens is 1.